The van der Waals surface area contributed by atoms with Crippen molar-refractivity contribution < 1.29 is 40.0 Å². The SMILES string of the molecule is O=C(N[C@H](c1cn2ncc([C@@H]3CS(=O)(=O)CCN3C(=O)C34CC(F)(C3)C4)nc2n1)C1CCC(C(F)(F)F)CC1)C1(F)CC1. The molecule has 8 rings (SSSR count). The van der Waals surface area contributed by atoms with E-state index in [9.17, 15) is 40.0 Å². The molecule has 2 aromatic rings. The smallest absolute Gasteiger partial charge is 0.345 e. The highest BCUT2D eigenvalue weighted by molar-refractivity contribution is 7.91. The molecule has 0 unspecified atom stereocenters. The summed E-state index contributed by atoms with van der Waals surface area (Å²) in [5, 5.41) is 6.99. The third-order valence-corrected chi connectivity index (χ3v) is 11.7. The highest BCUT2D eigenvalue weighted by atomic mass is 32.2. The second-order valence-corrected chi connectivity index (χ2v) is 15.5. The van der Waals surface area contributed by atoms with Crippen LogP contribution in [0.4, 0.5) is 22.0 Å². The van der Waals surface area contributed by atoms with Crippen LogP contribution in [-0.2, 0) is 19.4 Å². The number of nitrogens with zero attached hydrogens (tertiary/aromatic N) is 5. The first-order valence-electron chi connectivity index (χ1n) is 14.6. The van der Waals surface area contributed by atoms with Gasteiger partial charge in [-0.25, -0.2) is 31.7 Å². The Morgan fingerprint density at radius 1 is 1.05 bits per heavy atom. The molecule has 0 spiro atoms. The summed E-state index contributed by atoms with van der Waals surface area (Å²) in [4.78, 5) is 36.6. The Morgan fingerprint density at radius 2 is 1.72 bits per heavy atom. The van der Waals surface area contributed by atoms with Crippen molar-refractivity contribution in [3.05, 3.63) is 23.8 Å². The standard InChI is InChI=1S/C27H31F5N6O4S/c28-25-12-24(13-25,14-25)22(40)37-7-8-43(41,42)11-19(37)17-9-33-38-10-18(35-23(38)34-17)20(36-21(39)26(29)5-6-26)15-1-3-16(4-2-15)27(30,31)32/h9-10,15-16,19-20H,1-8,11-14H2,(H,36,39)/t15?,16?,19-,20-,24?,25?/m0/s1. The van der Waals surface area contributed by atoms with Gasteiger partial charge in [-0.15, -0.1) is 0 Å². The topological polar surface area (TPSA) is 127 Å². The van der Waals surface area contributed by atoms with Gasteiger partial charge in [0.15, 0.2) is 15.5 Å². The Labute approximate surface area is 243 Å². The van der Waals surface area contributed by atoms with E-state index in [1.807, 2.05) is 0 Å². The predicted molar refractivity (Wildman–Crippen MR) is 139 cm³/mol. The molecule has 3 heterocycles. The molecule has 1 saturated heterocycles. The number of hydrogen-bond donors (Lipinski definition) is 1. The molecule has 234 valence electrons. The third-order valence-electron chi connectivity index (χ3n) is 10.1. The van der Waals surface area contributed by atoms with Gasteiger partial charge in [-0.3, -0.25) is 9.59 Å². The van der Waals surface area contributed by atoms with Crippen LogP contribution < -0.4 is 5.32 Å². The van der Waals surface area contributed by atoms with E-state index in [0.29, 0.717) is 0 Å². The van der Waals surface area contributed by atoms with E-state index in [2.05, 4.69) is 20.4 Å². The summed E-state index contributed by atoms with van der Waals surface area (Å²) in [6, 6.07) is -1.84. The van der Waals surface area contributed by atoms with E-state index in [1.165, 1.54) is 21.8 Å². The molecule has 6 fully saturated rings. The number of aromatic nitrogens is 4. The molecule has 2 aromatic heterocycles. The molecule has 10 nitrogen and oxygen atoms in total. The lowest BCUT2D eigenvalue weighted by molar-refractivity contribution is -0.223. The normalized spacial score (nSPS) is 35.0. The van der Waals surface area contributed by atoms with E-state index in [-0.39, 0.29) is 98.9 Å². The third kappa shape index (κ3) is 4.96. The van der Waals surface area contributed by atoms with Crippen molar-refractivity contribution >= 4 is 27.4 Å². The first kappa shape index (κ1) is 28.8. The Morgan fingerprint density at radius 3 is 2.33 bits per heavy atom. The minimum absolute atomic E-state index is 0.0284. The van der Waals surface area contributed by atoms with Crippen LogP contribution in [0.5, 0.6) is 0 Å². The molecule has 0 radical (unpaired) electrons. The van der Waals surface area contributed by atoms with E-state index in [4.69, 9.17) is 0 Å². The van der Waals surface area contributed by atoms with Crippen LogP contribution in [0.15, 0.2) is 12.4 Å². The molecule has 6 aliphatic rings. The molecule has 2 bridgehead atoms. The number of amides is 2. The summed E-state index contributed by atoms with van der Waals surface area (Å²) in [5.74, 6) is -3.58. The van der Waals surface area contributed by atoms with Crippen molar-refractivity contribution in [2.24, 2.45) is 17.3 Å². The van der Waals surface area contributed by atoms with Gasteiger partial charge < -0.3 is 10.2 Å². The number of halogens is 5. The van der Waals surface area contributed by atoms with Crippen LogP contribution in [0.3, 0.4) is 0 Å². The van der Waals surface area contributed by atoms with E-state index in [1.54, 1.807) is 0 Å². The predicted octanol–water partition coefficient (Wildman–Crippen LogP) is 3.34. The van der Waals surface area contributed by atoms with Crippen LogP contribution in [-0.4, -0.2) is 80.3 Å². The number of fused-ring (bicyclic) bond motifs is 1. The number of carbonyl (C=O) groups excluding carboxylic acids is 2. The number of nitrogens with one attached hydrogen (secondary N) is 1. The number of rotatable bonds is 6. The summed E-state index contributed by atoms with van der Waals surface area (Å²) in [6.45, 7) is -0.0564. The molecule has 5 saturated carbocycles. The zero-order valence-electron chi connectivity index (χ0n) is 23.1. The monoisotopic (exact) mass is 630 g/mol. The molecule has 0 aromatic carbocycles. The molecule has 16 heteroatoms. The van der Waals surface area contributed by atoms with Crippen LogP contribution in [0.1, 0.15) is 81.3 Å². The van der Waals surface area contributed by atoms with Crippen LogP contribution >= 0.6 is 0 Å². The van der Waals surface area contributed by atoms with Gasteiger partial charge in [0.25, 0.3) is 11.7 Å². The first-order valence-corrected chi connectivity index (χ1v) is 16.4. The number of carbonyl (C=O) groups is 2. The summed E-state index contributed by atoms with van der Waals surface area (Å²) in [6.07, 6.45) is -0.971. The maximum absolute atomic E-state index is 14.6. The van der Waals surface area contributed by atoms with E-state index in [0.717, 1.165) is 0 Å². The van der Waals surface area contributed by atoms with Crippen molar-refractivity contribution in [2.75, 3.05) is 18.1 Å². The fraction of sp³-hybridized carbons (Fsp3) is 0.741. The Balaban J connectivity index is 1.17. The van der Waals surface area contributed by atoms with Crippen molar-refractivity contribution in [2.45, 2.75) is 87.4 Å². The molecule has 2 amide bonds. The summed E-state index contributed by atoms with van der Waals surface area (Å²) < 4.78 is 95.2. The maximum atomic E-state index is 14.6. The van der Waals surface area contributed by atoms with Gasteiger partial charge in [-0.05, 0) is 63.7 Å². The van der Waals surface area contributed by atoms with Gasteiger partial charge in [0, 0.05) is 6.54 Å². The van der Waals surface area contributed by atoms with Crippen LogP contribution in [0.25, 0.3) is 5.78 Å². The zero-order chi connectivity index (χ0) is 30.6. The number of imidazole rings is 1. The molecule has 2 atom stereocenters. The van der Waals surface area contributed by atoms with Gasteiger partial charge in [-0.1, -0.05) is 0 Å². The van der Waals surface area contributed by atoms with Crippen molar-refractivity contribution in [1.29, 1.82) is 0 Å². The van der Waals surface area contributed by atoms with Crippen LogP contribution in [0.2, 0.25) is 0 Å². The second kappa shape index (κ2) is 9.30. The summed E-state index contributed by atoms with van der Waals surface area (Å²) >= 11 is 0. The van der Waals surface area contributed by atoms with Gasteiger partial charge in [-0.2, -0.15) is 18.3 Å². The number of hydrogen-bond acceptors (Lipinski definition) is 7. The molecular formula is C27H31F5N6O4S. The lowest BCUT2D eigenvalue weighted by atomic mass is 9.42. The van der Waals surface area contributed by atoms with Gasteiger partial charge in [0.2, 0.25) is 5.91 Å². The molecule has 1 aliphatic heterocycles. The molecule has 43 heavy (non-hydrogen) atoms. The van der Waals surface area contributed by atoms with Crippen molar-refractivity contribution in [3.8, 4) is 0 Å². The van der Waals surface area contributed by atoms with Gasteiger partial charge in [0.05, 0.1) is 58.7 Å². The zero-order valence-corrected chi connectivity index (χ0v) is 23.9. The van der Waals surface area contributed by atoms with Gasteiger partial charge >= 0.3 is 6.18 Å². The summed E-state index contributed by atoms with van der Waals surface area (Å²) in [5.41, 5.74) is -3.70. The molecular weight excluding hydrogens is 599 g/mol. The quantitative estimate of drug-likeness (QED) is 0.486. The lowest BCUT2D eigenvalue weighted by Gasteiger charge is -2.65. The lowest BCUT2D eigenvalue weighted by Crippen LogP contribution is -2.71. The first-order chi connectivity index (χ1) is 20.1. The number of sulfone groups is 1. The Hall–Kier alpha value is -2.91. The minimum Gasteiger partial charge on any atom is -0.345 e. The number of alkyl halides is 5. The maximum Gasteiger partial charge on any atom is 0.391 e. The van der Waals surface area contributed by atoms with Crippen molar-refractivity contribution in [3.63, 3.8) is 0 Å². The second-order valence-electron chi connectivity index (χ2n) is 13.3. The summed E-state index contributed by atoms with van der Waals surface area (Å²) in [7, 11) is -3.52. The molecule has 1 N–H and O–H groups in total. The largest absolute Gasteiger partial charge is 0.391 e. The van der Waals surface area contributed by atoms with Crippen LogP contribution in [0, 0.1) is 17.3 Å². The highest BCUT2D eigenvalue weighted by Crippen LogP contribution is 2.70. The van der Waals surface area contributed by atoms with E-state index < -0.39 is 62.6 Å². The van der Waals surface area contributed by atoms with Gasteiger partial charge in [0.1, 0.15) is 5.67 Å². The Bertz CT molecular complexity index is 1580. The van der Waals surface area contributed by atoms with E-state index >= 15 is 0 Å². The highest BCUT2D eigenvalue weighted by Gasteiger charge is 2.73. The fourth-order valence-electron chi connectivity index (χ4n) is 7.43. The average molecular weight is 631 g/mol. The molecule has 5 aliphatic carbocycles. The average Bonchev–Trinajstić information content (AvgIpc) is 3.53. The fourth-order valence-corrected chi connectivity index (χ4v) is 8.90. The van der Waals surface area contributed by atoms with Crippen molar-refractivity contribution in [1.82, 2.24) is 29.8 Å². The Kier molecular flexibility index (Phi) is 6.24. The minimum atomic E-state index is -4.32.